The number of hydrogen-bond acceptors (Lipinski definition) is 9. The second-order valence-corrected chi connectivity index (χ2v) is 11.4. The lowest BCUT2D eigenvalue weighted by Gasteiger charge is -2.29. The first kappa shape index (κ1) is 32.6. The molecule has 1 aromatic carbocycles. The van der Waals surface area contributed by atoms with Crippen molar-refractivity contribution >= 4 is 23.5 Å². The Balaban J connectivity index is 1.48. The molecular formula is C31H44N4O8. The molecule has 5 atom stereocenters. The number of aliphatic hydroxyl groups is 1. The van der Waals surface area contributed by atoms with Crippen LogP contribution in [0.3, 0.4) is 0 Å². The summed E-state index contributed by atoms with van der Waals surface area (Å²) in [6, 6.07) is 3.91. The Morgan fingerprint density at radius 3 is 2.30 bits per heavy atom. The van der Waals surface area contributed by atoms with Crippen LogP contribution >= 0.6 is 0 Å². The van der Waals surface area contributed by atoms with Crippen molar-refractivity contribution in [3.8, 4) is 5.75 Å². The van der Waals surface area contributed by atoms with Crippen LogP contribution in [0.4, 0.5) is 0 Å². The minimum atomic E-state index is -1.29. The Morgan fingerprint density at radius 2 is 1.70 bits per heavy atom. The van der Waals surface area contributed by atoms with Gasteiger partial charge in [-0.05, 0) is 56.7 Å². The van der Waals surface area contributed by atoms with E-state index in [1.165, 1.54) is 6.92 Å². The molecule has 12 nitrogen and oxygen atoms in total. The fourth-order valence-electron chi connectivity index (χ4n) is 5.34. The zero-order valence-corrected chi connectivity index (χ0v) is 25.0. The molecule has 2 heterocycles. The summed E-state index contributed by atoms with van der Waals surface area (Å²) in [4.78, 5) is 55.0. The molecule has 1 aromatic rings. The van der Waals surface area contributed by atoms with Crippen LogP contribution in [0.5, 0.6) is 5.75 Å². The average Bonchev–Trinajstić information content (AvgIpc) is 3.86. The third-order valence-electron chi connectivity index (χ3n) is 7.95. The number of ketones is 1. The van der Waals surface area contributed by atoms with Gasteiger partial charge in [0.15, 0.2) is 5.78 Å². The predicted octanol–water partition coefficient (Wildman–Crippen LogP) is 0.264. The number of aliphatic hydroxyl groups excluding tert-OH is 1. The number of rotatable bonds is 15. The van der Waals surface area contributed by atoms with Crippen molar-refractivity contribution in [2.45, 2.75) is 75.8 Å². The highest BCUT2D eigenvalue weighted by Gasteiger charge is 2.39. The molecule has 4 rings (SSSR count). The van der Waals surface area contributed by atoms with E-state index in [-0.39, 0.29) is 18.7 Å². The van der Waals surface area contributed by atoms with Crippen LogP contribution in [-0.4, -0.2) is 110 Å². The summed E-state index contributed by atoms with van der Waals surface area (Å²) < 4.78 is 15.8. The van der Waals surface area contributed by atoms with E-state index < -0.39 is 48.1 Å². The van der Waals surface area contributed by atoms with Gasteiger partial charge in [0.2, 0.25) is 17.7 Å². The lowest BCUT2D eigenvalue weighted by molar-refractivity contribution is -0.135. The third kappa shape index (κ3) is 10.1. The van der Waals surface area contributed by atoms with Crippen molar-refractivity contribution in [2.75, 3.05) is 46.6 Å². The Labute approximate surface area is 252 Å². The summed E-state index contributed by atoms with van der Waals surface area (Å²) in [6.45, 7) is 4.00. The maximum atomic E-state index is 13.8. The fourth-order valence-corrected chi connectivity index (χ4v) is 5.34. The van der Waals surface area contributed by atoms with Crippen molar-refractivity contribution in [1.82, 2.24) is 20.9 Å². The Hall–Kier alpha value is -3.32. The molecule has 12 heteroatoms. The number of ether oxygens (including phenoxy) is 3. The number of carbonyl (C=O) groups excluding carboxylic acids is 4. The molecule has 43 heavy (non-hydrogen) atoms. The molecule has 2 fully saturated rings. The van der Waals surface area contributed by atoms with E-state index in [1.807, 2.05) is 4.90 Å². The number of amides is 3. The monoisotopic (exact) mass is 600 g/mol. The summed E-state index contributed by atoms with van der Waals surface area (Å²) in [5.41, 5.74) is 1.87. The Morgan fingerprint density at radius 1 is 1.00 bits per heavy atom. The number of carbonyl (C=O) groups is 4. The topological polar surface area (TPSA) is 159 Å². The minimum Gasteiger partial charge on any atom is -0.497 e. The molecule has 2 saturated heterocycles. The van der Waals surface area contributed by atoms with Crippen molar-refractivity contribution < 1.29 is 38.5 Å². The van der Waals surface area contributed by atoms with Gasteiger partial charge in [0.25, 0.3) is 0 Å². The van der Waals surface area contributed by atoms with E-state index in [0.29, 0.717) is 45.1 Å². The normalized spacial score (nSPS) is 21.4. The molecule has 0 bridgehead atoms. The molecule has 0 unspecified atom stereocenters. The van der Waals surface area contributed by atoms with Gasteiger partial charge in [0, 0.05) is 19.5 Å². The highest BCUT2D eigenvalue weighted by atomic mass is 16.6. The van der Waals surface area contributed by atoms with Crippen LogP contribution in [0, 0.1) is 0 Å². The van der Waals surface area contributed by atoms with Gasteiger partial charge in [-0.3, -0.25) is 24.1 Å². The van der Waals surface area contributed by atoms with Gasteiger partial charge >= 0.3 is 0 Å². The molecule has 3 aliphatic rings. The van der Waals surface area contributed by atoms with E-state index in [1.54, 1.807) is 31.4 Å². The second kappa shape index (κ2) is 15.9. The number of nitrogens with one attached hydrogen (secondary N) is 3. The second-order valence-electron chi connectivity index (χ2n) is 11.4. The first-order valence-corrected chi connectivity index (χ1v) is 15.1. The van der Waals surface area contributed by atoms with Crippen molar-refractivity contribution in [3.63, 3.8) is 0 Å². The molecule has 0 spiro atoms. The van der Waals surface area contributed by atoms with Crippen molar-refractivity contribution in [3.05, 3.63) is 41.5 Å². The zero-order valence-electron chi connectivity index (χ0n) is 25.0. The minimum absolute atomic E-state index is 0.0541. The van der Waals surface area contributed by atoms with E-state index in [4.69, 9.17) is 14.2 Å². The summed E-state index contributed by atoms with van der Waals surface area (Å²) in [5.74, 6) is -1.21. The van der Waals surface area contributed by atoms with Crippen LogP contribution in [0.25, 0.3) is 0 Å². The molecule has 0 saturated carbocycles. The smallest absolute Gasteiger partial charge is 0.245 e. The lowest BCUT2D eigenvalue weighted by Crippen LogP contribution is -2.59. The summed E-state index contributed by atoms with van der Waals surface area (Å²) >= 11 is 0. The van der Waals surface area contributed by atoms with Gasteiger partial charge in [0.1, 0.15) is 23.9 Å². The van der Waals surface area contributed by atoms with Gasteiger partial charge < -0.3 is 35.3 Å². The van der Waals surface area contributed by atoms with Crippen LogP contribution in [0.2, 0.25) is 0 Å². The largest absolute Gasteiger partial charge is 0.497 e. The maximum Gasteiger partial charge on any atom is 0.245 e. The third-order valence-corrected chi connectivity index (χ3v) is 7.95. The molecule has 4 N–H and O–H groups in total. The molecule has 0 radical (unpaired) electrons. The van der Waals surface area contributed by atoms with Crippen LogP contribution in [0.1, 0.15) is 44.6 Å². The first-order chi connectivity index (χ1) is 20.7. The number of Topliss-reactive ketones (excluding diaryl/α,β-unsaturated/α-hetero) is 1. The van der Waals surface area contributed by atoms with Crippen LogP contribution in [0.15, 0.2) is 35.9 Å². The molecule has 3 amide bonds. The van der Waals surface area contributed by atoms with Crippen LogP contribution in [-0.2, 0) is 35.1 Å². The van der Waals surface area contributed by atoms with E-state index in [9.17, 15) is 24.3 Å². The Kier molecular flexibility index (Phi) is 12.1. The van der Waals surface area contributed by atoms with Gasteiger partial charge in [0.05, 0.1) is 45.6 Å². The van der Waals surface area contributed by atoms with Gasteiger partial charge in [-0.25, -0.2) is 0 Å². The van der Waals surface area contributed by atoms with E-state index in [2.05, 4.69) is 22.0 Å². The highest BCUT2D eigenvalue weighted by molar-refractivity contribution is 5.97. The zero-order chi connectivity index (χ0) is 30.8. The fraction of sp³-hybridized carbons (Fsp3) is 0.613. The van der Waals surface area contributed by atoms with Gasteiger partial charge in [-0.2, -0.15) is 0 Å². The standard InChI is InChI=1S/C31H44N4O8/c1-20(36)28(34-27(37)18-35-12-14-42-15-13-35)31(40)33-25(17-22-8-10-23(41-2)11-9-22)30(39)32-24(29(38)26-19-43-26)16-21-6-4-3-5-7-21/h6,8-11,20,24-26,28,36H,3-5,7,12-19H2,1-2H3,(H,32,39)(H,33,40)(H,34,37)/t20-,24-,25-,26+,28-/m0/s1. The van der Waals surface area contributed by atoms with Gasteiger partial charge in [-0.15, -0.1) is 0 Å². The number of allylic oxidation sites excluding steroid dienone is 1. The quantitative estimate of drug-likeness (QED) is 0.164. The van der Waals surface area contributed by atoms with E-state index >= 15 is 0 Å². The molecule has 2 aliphatic heterocycles. The first-order valence-electron chi connectivity index (χ1n) is 15.1. The molecule has 1 aliphatic carbocycles. The maximum absolute atomic E-state index is 13.8. The predicted molar refractivity (Wildman–Crippen MR) is 157 cm³/mol. The van der Waals surface area contributed by atoms with Crippen molar-refractivity contribution in [1.29, 1.82) is 0 Å². The van der Waals surface area contributed by atoms with Crippen molar-refractivity contribution in [2.24, 2.45) is 0 Å². The summed E-state index contributed by atoms with van der Waals surface area (Å²) in [7, 11) is 1.55. The highest BCUT2D eigenvalue weighted by Crippen LogP contribution is 2.24. The molecular weight excluding hydrogens is 556 g/mol. The number of epoxide rings is 1. The summed E-state index contributed by atoms with van der Waals surface area (Å²) in [6.07, 6.45) is 4.82. The van der Waals surface area contributed by atoms with Crippen LogP contribution < -0.4 is 20.7 Å². The SMILES string of the molecule is COc1ccc(C[C@H](NC(=O)[C@@H](NC(=O)CN2CCOCC2)[C@H](C)O)C(=O)N[C@@H](CC2=CCCCC2)C(=O)[C@H]2CO2)cc1. The van der Waals surface area contributed by atoms with E-state index in [0.717, 1.165) is 36.8 Å². The lowest BCUT2D eigenvalue weighted by atomic mass is 9.92. The number of benzene rings is 1. The van der Waals surface area contributed by atoms with Gasteiger partial charge in [-0.1, -0.05) is 23.8 Å². The number of hydrogen-bond donors (Lipinski definition) is 4. The Bertz CT molecular complexity index is 1140. The average molecular weight is 601 g/mol. The number of methoxy groups -OCH3 is 1. The molecule has 236 valence electrons. The molecule has 0 aromatic heterocycles. The number of morpholine rings is 1. The summed E-state index contributed by atoms with van der Waals surface area (Å²) in [5, 5.41) is 18.6. The number of nitrogens with zero attached hydrogens (tertiary/aromatic N) is 1.